The summed E-state index contributed by atoms with van der Waals surface area (Å²) >= 11 is 5.82. The number of rotatable bonds is 7. The molecule has 0 radical (unpaired) electrons. The molecule has 0 saturated carbocycles. The van der Waals surface area contributed by atoms with Gasteiger partial charge < -0.3 is 10.6 Å². The lowest BCUT2D eigenvalue weighted by Crippen LogP contribution is -2.13. The number of anilines is 3. The molecule has 148 valence electrons. The van der Waals surface area contributed by atoms with Gasteiger partial charge in [0, 0.05) is 46.2 Å². The quantitative estimate of drug-likeness (QED) is 0.532. The fraction of sp³-hybridized carbons (Fsp3) is 0.182. The van der Waals surface area contributed by atoms with Gasteiger partial charge in [-0.1, -0.05) is 17.7 Å². The number of hydrogen-bond acceptors (Lipinski definition) is 5. The first-order valence-corrected chi connectivity index (χ1v) is 9.55. The Labute approximate surface area is 174 Å². The van der Waals surface area contributed by atoms with E-state index in [2.05, 4.69) is 20.6 Å². The maximum Gasteiger partial charge on any atom is 0.227 e. The van der Waals surface area contributed by atoms with Crippen LogP contribution in [-0.2, 0) is 4.79 Å². The third kappa shape index (κ3) is 6.12. The Morgan fingerprint density at radius 3 is 2.24 bits per heavy atom. The molecule has 3 aromatic rings. The summed E-state index contributed by atoms with van der Waals surface area (Å²) in [6.45, 7) is 3.81. The minimum absolute atomic E-state index is 0.0965. The van der Waals surface area contributed by atoms with E-state index in [4.69, 9.17) is 11.6 Å². The number of halogens is 1. The summed E-state index contributed by atoms with van der Waals surface area (Å²) in [5.41, 5.74) is 3.67. The molecule has 1 heterocycles. The molecule has 6 nitrogen and oxygen atoms in total. The van der Waals surface area contributed by atoms with Crippen LogP contribution in [0, 0.1) is 13.8 Å². The molecule has 0 spiro atoms. The minimum Gasteiger partial charge on any atom is -0.326 e. The lowest BCUT2D eigenvalue weighted by Gasteiger charge is -2.09. The topological polar surface area (TPSA) is 84.0 Å². The van der Waals surface area contributed by atoms with Gasteiger partial charge in [0.25, 0.3) is 0 Å². The van der Waals surface area contributed by atoms with Crippen LogP contribution in [0.3, 0.4) is 0 Å². The normalized spacial score (nSPS) is 10.4. The molecule has 0 atom stereocenters. The van der Waals surface area contributed by atoms with Crippen molar-refractivity contribution in [2.24, 2.45) is 0 Å². The molecular weight excluding hydrogens is 388 g/mol. The van der Waals surface area contributed by atoms with Crippen molar-refractivity contribution in [3.05, 3.63) is 76.6 Å². The Morgan fingerprint density at radius 1 is 0.897 bits per heavy atom. The van der Waals surface area contributed by atoms with E-state index in [1.165, 1.54) is 0 Å². The average Bonchev–Trinajstić information content (AvgIpc) is 2.66. The smallest absolute Gasteiger partial charge is 0.227 e. The van der Waals surface area contributed by atoms with Crippen LogP contribution in [-0.4, -0.2) is 21.7 Å². The van der Waals surface area contributed by atoms with Crippen molar-refractivity contribution in [3.8, 4) is 0 Å². The van der Waals surface area contributed by atoms with E-state index in [1.807, 2.05) is 32.0 Å². The number of ketones is 1. The summed E-state index contributed by atoms with van der Waals surface area (Å²) in [6.07, 6.45) is 0.223. The molecule has 0 unspecified atom stereocenters. The number of aromatic nitrogens is 2. The van der Waals surface area contributed by atoms with Crippen molar-refractivity contribution in [2.75, 3.05) is 10.6 Å². The largest absolute Gasteiger partial charge is 0.326 e. The number of nitrogens with one attached hydrogen (secondary N) is 2. The lowest BCUT2D eigenvalue weighted by atomic mass is 10.1. The van der Waals surface area contributed by atoms with Gasteiger partial charge in [0.15, 0.2) is 5.78 Å². The van der Waals surface area contributed by atoms with Gasteiger partial charge in [-0.2, -0.15) is 0 Å². The molecule has 29 heavy (non-hydrogen) atoms. The van der Waals surface area contributed by atoms with E-state index in [-0.39, 0.29) is 24.5 Å². The summed E-state index contributed by atoms with van der Waals surface area (Å²) < 4.78 is 0. The Hall–Kier alpha value is -3.25. The highest BCUT2D eigenvalue weighted by Crippen LogP contribution is 2.19. The van der Waals surface area contributed by atoms with Crippen molar-refractivity contribution in [1.82, 2.24) is 9.97 Å². The second-order valence-electron chi connectivity index (χ2n) is 6.66. The maximum atomic E-state index is 12.2. The molecule has 7 heteroatoms. The Morgan fingerprint density at radius 2 is 1.55 bits per heavy atom. The van der Waals surface area contributed by atoms with Crippen molar-refractivity contribution in [2.45, 2.75) is 26.7 Å². The number of amides is 1. The van der Waals surface area contributed by atoms with Gasteiger partial charge in [0.2, 0.25) is 11.9 Å². The SMILES string of the molecule is Cc1cc(C)nc(Nc2cccc(NC(=O)CCC(=O)c3ccc(Cl)cc3)c2)n1. The highest BCUT2D eigenvalue weighted by Gasteiger charge is 2.10. The monoisotopic (exact) mass is 408 g/mol. The Balaban J connectivity index is 1.57. The van der Waals surface area contributed by atoms with Gasteiger partial charge in [0.1, 0.15) is 0 Å². The van der Waals surface area contributed by atoms with Crippen molar-refractivity contribution in [1.29, 1.82) is 0 Å². The predicted molar refractivity (Wildman–Crippen MR) is 115 cm³/mol. The number of hydrogen-bond donors (Lipinski definition) is 2. The number of Topliss-reactive ketones (excluding diaryl/α,β-unsaturated/α-hetero) is 1. The third-order valence-corrected chi connectivity index (χ3v) is 4.38. The summed E-state index contributed by atoms with van der Waals surface area (Å²) in [5, 5.41) is 6.52. The van der Waals surface area contributed by atoms with Gasteiger partial charge >= 0.3 is 0 Å². The third-order valence-electron chi connectivity index (χ3n) is 4.13. The number of aryl methyl sites for hydroxylation is 2. The molecule has 0 aliphatic carbocycles. The molecule has 2 N–H and O–H groups in total. The van der Waals surface area contributed by atoms with Crippen LogP contribution in [0.15, 0.2) is 54.6 Å². The molecule has 0 aliphatic rings. The number of carbonyl (C=O) groups is 2. The zero-order valence-electron chi connectivity index (χ0n) is 16.2. The zero-order chi connectivity index (χ0) is 20.8. The van der Waals surface area contributed by atoms with Crippen LogP contribution in [0.2, 0.25) is 5.02 Å². The van der Waals surface area contributed by atoms with E-state index in [9.17, 15) is 9.59 Å². The molecule has 0 saturated heterocycles. The fourth-order valence-corrected chi connectivity index (χ4v) is 2.94. The molecule has 2 aromatic carbocycles. The van der Waals surface area contributed by atoms with Gasteiger partial charge in [0.05, 0.1) is 0 Å². The lowest BCUT2D eigenvalue weighted by molar-refractivity contribution is -0.116. The minimum atomic E-state index is -0.230. The van der Waals surface area contributed by atoms with Crippen LogP contribution >= 0.6 is 11.6 Å². The van der Waals surface area contributed by atoms with Gasteiger partial charge in [-0.05, 0) is 62.4 Å². The van der Waals surface area contributed by atoms with Crippen LogP contribution < -0.4 is 10.6 Å². The van der Waals surface area contributed by atoms with Gasteiger partial charge in [-0.25, -0.2) is 9.97 Å². The summed E-state index contributed by atoms with van der Waals surface area (Å²) in [5.74, 6) is 0.172. The maximum absolute atomic E-state index is 12.2. The van der Waals surface area contributed by atoms with Gasteiger partial charge in [-0.3, -0.25) is 9.59 Å². The zero-order valence-corrected chi connectivity index (χ0v) is 17.0. The van der Waals surface area contributed by atoms with E-state index in [1.54, 1.807) is 36.4 Å². The number of nitrogens with zero attached hydrogens (tertiary/aromatic N) is 2. The molecule has 0 bridgehead atoms. The summed E-state index contributed by atoms with van der Waals surface area (Å²) in [7, 11) is 0. The van der Waals surface area contributed by atoms with Crippen molar-refractivity contribution in [3.63, 3.8) is 0 Å². The first-order valence-electron chi connectivity index (χ1n) is 9.17. The van der Waals surface area contributed by atoms with E-state index < -0.39 is 0 Å². The number of carbonyl (C=O) groups excluding carboxylic acids is 2. The van der Waals surface area contributed by atoms with E-state index >= 15 is 0 Å². The first kappa shape index (κ1) is 20.5. The molecular formula is C22H21ClN4O2. The fourth-order valence-electron chi connectivity index (χ4n) is 2.82. The molecule has 0 fully saturated rings. The van der Waals surface area contributed by atoms with E-state index in [0.717, 1.165) is 17.1 Å². The van der Waals surface area contributed by atoms with Crippen LogP contribution in [0.5, 0.6) is 0 Å². The average molecular weight is 409 g/mol. The van der Waals surface area contributed by atoms with Crippen molar-refractivity contribution >= 4 is 40.6 Å². The van der Waals surface area contributed by atoms with Crippen LogP contribution in [0.1, 0.15) is 34.6 Å². The van der Waals surface area contributed by atoms with Gasteiger partial charge in [-0.15, -0.1) is 0 Å². The Bertz CT molecular complexity index is 1010. The molecule has 1 amide bonds. The molecule has 0 aliphatic heterocycles. The van der Waals surface area contributed by atoms with E-state index in [0.29, 0.717) is 22.2 Å². The summed E-state index contributed by atoms with van der Waals surface area (Å²) in [6, 6.07) is 15.8. The molecule has 3 rings (SSSR count). The summed E-state index contributed by atoms with van der Waals surface area (Å²) in [4.78, 5) is 33.1. The number of benzene rings is 2. The highest BCUT2D eigenvalue weighted by molar-refractivity contribution is 6.30. The highest BCUT2D eigenvalue weighted by atomic mass is 35.5. The molecule has 1 aromatic heterocycles. The first-order chi connectivity index (χ1) is 13.9. The van der Waals surface area contributed by atoms with Crippen LogP contribution in [0.4, 0.5) is 17.3 Å². The second kappa shape index (κ2) is 9.30. The second-order valence-corrected chi connectivity index (χ2v) is 7.09. The Kier molecular flexibility index (Phi) is 6.57. The standard InChI is InChI=1S/C22H21ClN4O2/c1-14-12-15(2)25-22(24-14)27-19-5-3-4-18(13-19)26-21(29)11-10-20(28)16-6-8-17(23)9-7-16/h3-9,12-13H,10-11H2,1-2H3,(H,26,29)(H,24,25,27). The predicted octanol–water partition coefficient (Wildman–Crippen LogP) is 5.09. The van der Waals surface area contributed by atoms with Crippen LogP contribution in [0.25, 0.3) is 0 Å². The van der Waals surface area contributed by atoms with Crippen molar-refractivity contribution < 1.29 is 9.59 Å².